The first-order chi connectivity index (χ1) is 12.4. The second kappa shape index (κ2) is 7.12. The number of nitrogens with one attached hydrogen (secondary N) is 1. The van der Waals surface area contributed by atoms with Crippen molar-refractivity contribution in [2.24, 2.45) is 0 Å². The molecule has 0 aliphatic rings. The van der Waals surface area contributed by atoms with E-state index in [0.717, 1.165) is 4.70 Å². The third-order valence-corrected chi connectivity index (χ3v) is 4.97. The molecule has 0 bridgehead atoms. The Hall–Kier alpha value is -2.94. The molecule has 0 fully saturated rings. The van der Waals surface area contributed by atoms with Crippen molar-refractivity contribution in [1.29, 1.82) is 0 Å². The van der Waals surface area contributed by atoms with E-state index in [-0.39, 0.29) is 18.0 Å². The van der Waals surface area contributed by atoms with E-state index in [0.29, 0.717) is 33.4 Å². The topological polar surface area (TPSA) is 95.3 Å². The molecule has 0 saturated carbocycles. The van der Waals surface area contributed by atoms with Crippen LogP contribution in [-0.4, -0.2) is 34.7 Å². The number of carbonyl (C=O) groups is 1. The summed E-state index contributed by atoms with van der Waals surface area (Å²) in [7, 11) is 3.12. The Morgan fingerprint density at radius 3 is 2.62 bits per heavy atom. The van der Waals surface area contributed by atoms with Crippen molar-refractivity contribution in [1.82, 2.24) is 14.5 Å². The fraction of sp³-hybridized carbons (Fsp3) is 0.294. The maximum absolute atomic E-state index is 12.3. The van der Waals surface area contributed by atoms with Crippen molar-refractivity contribution in [2.45, 2.75) is 20.4 Å². The minimum absolute atomic E-state index is 0.142. The summed E-state index contributed by atoms with van der Waals surface area (Å²) >= 11 is 1.28. The number of anilines is 1. The summed E-state index contributed by atoms with van der Waals surface area (Å²) in [5.74, 6) is 0.870. The smallest absolute Gasteiger partial charge is 0.256 e. The molecule has 0 radical (unpaired) electrons. The van der Waals surface area contributed by atoms with Crippen LogP contribution in [0.3, 0.4) is 0 Å². The van der Waals surface area contributed by atoms with E-state index in [4.69, 9.17) is 9.47 Å². The van der Waals surface area contributed by atoms with Gasteiger partial charge in [-0.3, -0.25) is 14.2 Å². The zero-order chi connectivity index (χ0) is 18.8. The summed E-state index contributed by atoms with van der Waals surface area (Å²) in [5.41, 5.74) is 1.55. The van der Waals surface area contributed by atoms with Crippen LogP contribution in [0.1, 0.15) is 11.3 Å². The van der Waals surface area contributed by atoms with E-state index >= 15 is 0 Å². The number of fused-ring (bicyclic) bond motifs is 1. The van der Waals surface area contributed by atoms with Crippen LogP contribution in [0, 0.1) is 13.8 Å². The molecule has 1 amide bonds. The average Bonchev–Trinajstić information content (AvgIpc) is 3.04. The van der Waals surface area contributed by atoms with Gasteiger partial charge in [0.25, 0.3) is 5.56 Å². The molecule has 0 unspecified atom stereocenters. The second-order valence-electron chi connectivity index (χ2n) is 5.60. The molecule has 1 aromatic carbocycles. The van der Waals surface area contributed by atoms with E-state index in [1.807, 2.05) is 0 Å². The van der Waals surface area contributed by atoms with Crippen molar-refractivity contribution >= 4 is 32.6 Å². The first-order valence-corrected chi connectivity index (χ1v) is 8.60. The molecule has 8 nitrogen and oxygen atoms in total. The quantitative estimate of drug-likeness (QED) is 0.735. The molecule has 0 aliphatic carbocycles. The summed E-state index contributed by atoms with van der Waals surface area (Å²) in [6.45, 7) is 3.30. The molecule has 26 heavy (non-hydrogen) atoms. The van der Waals surface area contributed by atoms with E-state index in [1.54, 1.807) is 40.2 Å². The van der Waals surface area contributed by atoms with Gasteiger partial charge < -0.3 is 14.8 Å². The lowest BCUT2D eigenvalue weighted by molar-refractivity contribution is -0.116. The highest BCUT2D eigenvalue weighted by atomic mass is 32.1. The van der Waals surface area contributed by atoms with Crippen molar-refractivity contribution in [2.75, 3.05) is 19.5 Å². The maximum atomic E-state index is 12.3. The fourth-order valence-corrected chi connectivity index (χ4v) is 3.43. The molecule has 0 atom stereocenters. The van der Waals surface area contributed by atoms with E-state index in [1.165, 1.54) is 22.2 Å². The number of rotatable bonds is 5. The van der Waals surface area contributed by atoms with Crippen LogP contribution in [-0.2, 0) is 11.3 Å². The SMILES string of the molecule is COc1ccc(OC)c2sc(NC(=O)Cn3cnc(C)c(C)c3=O)nc12. The van der Waals surface area contributed by atoms with Gasteiger partial charge in [-0.05, 0) is 26.0 Å². The normalized spacial score (nSPS) is 10.8. The Labute approximate surface area is 153 Å². The predicted octanol–water partition coefficient (Wildman–Crippen LogP) is 2.13. The number of thiazole rings is 1. The highest BCUT2D eigenvalue weighted by molar-refractivity contribution is 7.22. The van der Waals surface area contributed by atoms with Crippen molar-refractivity contribution in [3.8, 4) is 11.5 Å². The first kappa shape index (κ1) is 17.9. The average molecular weight is 374 g/mol. The molecule has 0 spiro atoms. The number of nitrogens with zero attached hydrogens (tertiary/aromatic N) is 3. The van der Waals surface area contributed by atoms with Crippen molar-refractivity contribution < 1.29 is 14.3 Å². The van der Waals surface area contributed by atoms with Gasteiger partial charge in [-0.2, -0.15) is 0 Å². The van der Waals surface area contributed by atoms with Crippen LogP contribution >= 0.6 is 11.3 Å². The number of aryl methyl sites for hydroxylation is 1. The Kier molecular flexibility index (Phi) is 4.90. The van der Waals surface area contributed by atoms with Gasteiger partial charge >= 0.3 is 0 Å². The lowest BCUT2D eigenvalue weighted by Gasteiger charge is -2.07. The van der Waals surface area contributed by atoms with Gasteiger partial charge in [-0.1, -0.05) is 11.3 Å². The van der Waals surface area contributed by atoms with E-state index in [9.17, 15) is 9.59 Å². The van der Waals surface area contributed by atoms with Crippen LogP contribution in [0.4, 0.5) is 5.13 Å². The number of benzene rings is 1. The molecule has 1 N–H and O–H groups in total. The molecular formula is C17H18N4O4S. The maximum Gasteiger partial charge on any atom is 0.256 e. The number of hydrogen-bond donors (Lipinski definition) is 1. The largest absolute Gasteiger partial charge is 0.495 e. The van der Waals surface area contributed by atoms with Gasteiger partial charge in [-0.25, -0.2) is 9.97 Å². The molecular weight excluding hydrogens is 356 g/mol. The highest BCUT2D eigenvalue weighted by Gasteiger charge is 2.16. The van der Waals surface area contributed by atoms with Gasteiger partial charge in [-0.15, -0.1) is 0 Å². The van der Waals surface area contributed by atoms with Crippen molar-refractivity contribution in [3.63, 3.8) is 0 Å². The zero-order valence-corrected chi connectivity index (χ0v) is 15.6. The third-order valence-electron chi connectivity index (χ3n) is 3.99. The van der Waals surface area contributed by atoms with Crippen molar-refractivity contribution in [3.05, 3.63) is 40.1 Å². The van der Waals surface area contributed by atoms with Crippen LogP contribution in [0.5, 0.6) is 11.5 Å². The number of hydrogen-bond acceptors (Lipinski definition) is 7. The van der Waals surface area contributed by atoms with E-state index in [2.05, 4.69) is 15.3 Å². The highest BCUT2D eigenvalue weighted by Crippen LogP contribution is 2.38. The molecule has 0 aliphatic heterocycles. The number of ether oxygens (including phenoxy) is 2. The first-order valence-electron chi connectivity index (χ1n) is 7.78. The summed E-state index contributed by atoms with van der Waals surface area (Å²) < 4.78 is 12.7. The standard InChI is InChI=1S/C17H18N4O4S/c1-9-10(2)18-8-21(16(9)23)7-13(22)19-17-20-14-11(24-3)5-6-12(25-4)15(14)26-17/h5-6,8H,7H2,1-4H3,(H,19,20,22). The Morgan fingerprint density at radius 1 is 1.23 bits per heavy atom. The van der Waals surface area contributed by atoms with E-state index < -0.39 is 0 Å². The molecule has 3 rings (SSSR count). The number of amides is 1. The monoisotopic (exact) mass is 374 g/mol. The Balaban J connectivity index is 1.86. The van der Waals surface area contributed by atoms with Crippen LogP contribution < -0.4 is 20.3 Å². The molecule has 136 valence electrons. The summed E-state index contributed by atoms with van der Waals surface area (Å²) in [6, 6.07) is 3.54. The van der Waals surface area contributed by atoms with Crippen LogP contribution in [0.2, 0.25) is 0 Å². The minimum Gasteiger partial charge on any atom is -0.495 e. The molecule has 3 aromatic rings. The summed E-state index contributed by atoms with van der Waals surface area (Å²) in [6.07, 6.45) is 1.37. The number of methoxy groups -OCH3 is 2. The Bertz CT molecular complexity index is 1000. The zero-order valence-electron chi connectivity index (χ0n) is 14.8. The number of aromatic nitrogens is 3. The van der Waals surface area contributed by atoms with Crippen LogP contribution in [0.15, 0.2) is 23.3 Å². The molecule has 2 aromatic heterocycles. The third kappa shape index (κ3) is 3.25. The summed E-state index contributed by atoms with van der Waals surface area (Å²) in [4.78, 5) is 33.0. The lowest BCUT2D eigenvalue weighted by atomic mass is 10.3. The van der Waals surface area contributed by atoms with Crippen LogP contribution in [0.25, 0.3) is 10.2 Å². The Morgan fingerprint density at radius 2 is 1.92 bits per heavy atom. The molecule has 0 saturated heterocycles. The minimum atomic E-state index is -0.367. The summed E-state index contributed by atoms with van der Waals surface area (Å²) in [5, 5.41) is 3.11. The fourth-order valence-electron chi connectivity index (χ4n) is 2.44. The van der Waals surface area contributed by atoms with Gasteiger partial charge in [0.05, 0.1) is 20.5 Å². The predicted molar refractivity (Wildman–Crippen MR) is 99.3 cm³/mol. The molecule has 9 heteroatoms. The van der Waals surface area contributed by atoms with Gasteiger partial charge in [0.2, 0.25) is 5.91 Å². The van der Waals surface area contributed by atoms with Gasteiger partial charge in [0, 0.05) is 11.3 Å². The molecule has 2 heterocycles. The second-order valence-corrected chi connectivity index (χ2v) is 6.60. The lowest BCUT2D eigenvalue weighted by Crippen LogP contribution is -2.29. The number of carbonyl (C=O) groups excluding carboxylic acids is 1. The van der Waals surface area contributed by atoms with Gasteiger partial charge in [0.15, 0.2) is 5.13 Å². The van der Waals surface area contributed by atoms with Gasteiger partial charge in [0.1, 0.15) is 28.3 Å².